The molecule has 1 amide bonds. The van der Waals surface area contributed by atoms with Gasteiger partial charge in [-0.3, -0.25) is 4.79 Å². The number of carbonyl (C=O) groups is 1. The van der Waals surface area contributed by atoms with E-state index >= 15 is 0 Å². The van der Waals surface area contributed by atoms with Gasteiger partial charge in [0.15, 0.2) is 0 Å². The Morgan fingerprint density at radius 2 is 1.75 bits per heavy atom. The number of amides is 1. The van der Waals surface area contributed by atoms with Gasteiger partial charge >= 0.3 is 0 Å². The van der Waals surface area contributed by atoms with Crippen molar-refractivity contribution in [2.45, 2.75) is 45.6 Å². The molecular formula is C17H26N2O. The molecule has 1 saturated heterocycles. The number of hydrogen-bond donors (Lipinski definition) is 1. The highest BCUT2D eigenvalue weighted by atomic mass is 16.2. The number of carbonyl (C=O) groups excluding carboxylic acids is 1. The fourth-order valence-corrected chi connectivity index (χ4v) is 2.81. The molecular weight excluding hydrogens is 248 g/mol. The van der Waals surface area contributed by atoms with Gasteiger partial charge in [0.2, 0.25) is 5.91 Å². The molecule has 1 aromatic carbocycles. The zero-order valence-corrected chi connectivity index (χ0v) is 12.5. The van der Waals surface area contributed by atoms with E-state index in [0.717, 1.165) is 38.9 Å². The van der Waals surface area contributed by atoms with Gasteiger partial charge in [-0.15, -0.1) is 0 Å². The van der Waals surface area contributed by atoms with E-state index in [1.54, 1.807) is 0 Å². The van der Waals surface area contributed by atoms with Crippen LogP contribution >= 0.6 is 0 Å². The second kappa shape index (κ2) is 8.05. The van der Waals surface area contributed by atoms with Crippen LogP contribution in [0.3, 0.4) is 0 Å². The van der Waals surface area contributed by atoms with Gasteiger partial charge in [-0.2, -0.15) is 0 Å². The largest absolute Gasteiger partial charge is 0.342 e. The lowest BCUT2D eigenvalue weighted by atomic mass is 10.1. The molecule has 0 saturated carbocycles. The molecule has 0 atom stereocenters. The Bertz CT molecular complexity index is 423. The Morgan fingerprint density at radius 1 is 1.10 bits per heavy atom. The summed E-state index contributed by atoms with van der Waals surface area (Å²) in [5, 5.41) is 3.30. The third-order valence-corrected chi connectivity index (χ3v) is 4.05. The number of likely N-dealkylation sites (tertiary alicyclic amines) is 1. The maximum absolute atomic E-state index is 12.2. The van der Waals surface area contributed by atoms with Gasteiger partial charge in [0.1, 0.15) is 0 Å². The fraction of sp³-hybridized carbons (Fsp3) is 0.588. The van der Waals surface area contributed by atoms with Crippen LogP contribution < -0.4 is 5.32 Å². The lowest BCUT2D eigenvalue weighted by Gasteiger charge is -2.20. The van der Waals surface area contributed by atoms with Gasteiger partial charge in [0.25, 0.3) is 0 Å². The van der Waals surface area contributed by atoms with E-state index < -0.39 is 0 Å². The lowest BCUT2D eigenvalue weighted by molar-refractivity contribution is -0.130. The van der Waals surface area contributed by atoms with E-state index in [2.05, 4.69) is 36.5 Å². The van der Waals surface area contributed by atoms with Crippen LogP contribution in [0.1, 0.15) is 43.7 Å². The van der Waals surface area contributed by atoms with Crippen molar-refractivity contribution in [1.29, 1.82) is 0 Å². The normalized spacial score (nSPS) is 15.9. The highest BCUT2D eigenvalue weighted by Gasteiger charge is 2.14. The van der Waals surface area contributed by atoms with Crippen molar-refractivity contribution in [2.24, 2.45) is 0 Å². The van der Waals surface area contributed by atoms with E-state index in [-0.39, 0.29) is 5.91 Å². The van der Waals surface area contributed by atoms with E-state index in [4.69, 9.17) is 0 Å². The van der Waals surface area contributed by atoms with Crippen molar-refractivity contribution in [3.63, 3.8) is 0 Å². The monoisotopic (exact) mass is 274 g/mol. The summed E-state index contributed by atoms with van der Waals surface area (Å²) in [5.41, 5.74) is 2.67. The number of rotatable bonds is 5. The molecule has 0 bridgehead atoms. The standard InChI is InChI=1S/C17H26N2O/c1-2-15-9-5-6-10-16(15)13-18-14-17(20)19-11-7-3-4-8-12-19/h5-6,9-10,18H,2-4,7-8,11-14H2,1H3. The summed E-state index contributed by atoms with van der Waals surface area (Å²) in [6.45, 7) is 5.28. The molecule has 1 aliphatic rings. The third kappa shape index (κ3) is 4.34. The lowest BCUT2D eigenvalue weighted by Crippen LogP contribution is -2.38. The minimum Gasteiger partial charge on any atom is -0.342 e. The minimum atomic E-state index is 0.251. The summed E-state index contributed by atoms with van der Waals surface area (Å²) in [7, 11) is 0. The molecule has 0 spiro atoms. The van der Waals surface area contributed by atoms with E-state index in [1.165, 1.54) is 24.0 Å². The number of nitrogens with one attached hydrogen (secondary N) is 1. The van der Waals surface area contributed by atoms with Crippen molar-refractivity contribution in [2.75, 3.05) is 19.6 Å². The van der Waals surface area contributed by atoms with Crippen LogP contribution in [-0.2, 0) is 17.8 Å². The highest BCUT2D eigenvalue weighted by molar-refractivity contribution is 5.78. The number of aryl methyl sites for hydroxylation is 1. The van der Waals surface area contributed by atoms with Crippen LogP contribution in [0.2, 0.25) is 0 Å². The number of nitrogens with zero attached hydrogens (tertiary/aromatic N) is 1. The summed E-state index contributed by atoms with van der Waals surface area (Å²) in [6.07, 6.45) is 5.88. The van der Waals surface area contributed by atoms with Gasteiger partial charge in [-0.05, 0) is 30.4 Å². The molecule has 1 fully saturated rings. The Kier molecular flexibility index (Phi) is 6.06. The first-order valence-corrected chi connectivity index (χ1v) is 7.86. The number of benzene rings is 1. The smallest absolute Gasteiger partial charge is 0.236 e. The average Bonchev–Trinajstić information content (AvgIpc) is 2.77. The quantitative estimate of drug-likeness (QED) is 0.895. The van der Waals surface area contributed by atoms with Crippen molar-refractivity contribution < 1.29 is 4.79 Å². The van der Waals surface area contributed by atoms with E-state index in [9.17, 15) is 4.79 Å². The first kappa shape index (κ1) is 15.0. The van der Waals surface area contributed by atoms with Crippen molar-refractivity contribution in [3.05, 3.63) is 35.4 Å². The molecule has 0 radical (unpaired) electrons. The first-order chi connectivity index (χ1) is 9.81. The van der Waals surface area contributed by atoms with Crippen molar-refractivity contribution in [3.8, 4) is 0 Å². The first-order valence-electron chi connectivity index (χ1n) is 7.86. The average molecular weight is 274 g/mol. The number of hydrogen-bond acceptors (Lipinski definition) is 2. The van der Waals surface area contributed by atoms with Crippen molar-refractivity contribution in [1.82, 2.24) is 10.2 Å². The molecule has 3 nitrogen and oxygen atoms in total. The Hall–Kier alpha value is -1.35. The summed E-state index contributed by atoms with van der Waals surface area (Å²) in [4.78, 5) is 14.2. The Morgan fingerprint density at radius 3 is 2.40 bits per heavy atom. The molecule has 1 aromatic rings. The van der Waals surface area contributed by atoms with Crippen LogP contribution in [-0.4, -0.2) is 30.4 Å². The molecule has 1 aliphatic heterocycles. The molecule has 2 rings (SSSR count). The predicted molar refractivity (Wildman–Crippen MR) is 82.6 cm³/mol. The molecule has 1 N–H and O–H groups in total. The highest BCUT2D eigenvalue weighted by Crippen LogP contribution is 2.10. The molecule has 1 heterocycles. The Labute approximate surface area is 122 Å². The predicted octanol–water partition coefficient (Wildman–Crippen LogP) is 2.74. The minimum absolute atomic E-state index is 0.251. The molecule has 0 aromatic heterocycles. The van der Waals surface area contributed by atoms with Gasteiger partial charge in [-0.25, -0.2) is 0 Å². The Balaban J connectivity index is 1.78. The fourth-order valence-electron chi connectivity index (χ4n) is 2.81. The van der Waals surface area contributed by atoms with Gasteiger partial charge in [0, 0.05) is 19.6 Å². The second-order valence-electron chi connectivity index (χ2n) is 5.52. The van der Waals surface area contributed by atoms with Crippen LogP contribution in [0.4, 0.5) is 0 Å². The van der Waals surface area contributed by atoms with Gasteiger partial charge < -0.3 is 10.2 Å². The maximum Gasteiger partial charge on any atom is 0.236 e. The second-order valence-corrected chi connectivity index (χ2v) is 5.52. The van der Waals surface area contributed by atoms with Gasteiger partial charge in [0.05, 0.1) is 6.54 Å². The van der Waals surface area contributed by atoms with Gasteiger partial charge in [-0.1, -0.05) is 44.0 Å². The molecule has 20 heavy (non-hydrogen) atoms. The van der Waals surface area contributed by atoms with E-state index in [1.807, 2.05) is 4.90 Å². The van der Waals surface area contributed by atoms with Crippen LogP contribution in [0.25, 0.3) is 0 Å². The summed E-state index contributed by atoms with van der Waals surface area (Å²) in [5.74, 6) is 0.251. The zero-order chi connectivity index (χ0) is 14.2. The molecule has 0 aliphatic carbocycles. The third-order valence-electron chi connectivity index (χ3n) is 4.05. The maximum atomic E-state index is 12.2. The van der Waals surface area contributed by atoms with Crippen molar-refractivity contribution >= 4 is 5.91 Å². The van der Waals surface area contributed by atoms with E-state index in [0.29, 0.717) is 6.54 Å². The topological polar surface area (TPSA) is 32.3 Å². The summed E-state index contributed by atoms with van der Waals surface area (Å²) in [6, 6.07) is 8.44. The van der Waals surface area contributed by atoms with Crippen LogP contribution in [0.5, 0.6) is 0 Å². The summed E-state index contributed by atoms with van der Waals surface area (Å²) < 4.78 is 0. The molecule has 110 valence electrons. The van der Waals surface area contributed by atoms with Crippen LogP contribution in [0.15, 0.2) is 24.3 Å². The zero-order valence-electron chi connectivity index (χ0n) is 12.5. The van der Waals surface area contributed by atoms with Crippen LogP contribution in [0, 0.1) is 0 Å². The summed E-state index contributed by atoms with van der Waals surface area (Å²) >= 11 is 0. The SMILES string of the molecule is CCc1ccccc1CNCC(=O)N1CCCCCC1. The molecule has 0 unspecified atom stereocenters. The molecule has 3 heteroatoms.